The number of hydrogen-bond donors (Lipinski definition) is 3. The van der Waals surface area contributed by atoms with Crippen LogP contribution in [0.2, 0.25) is 0 Å². The molecule has 20 heavy (non-hydrogen) atoms. The minimum atomic E-state index is -3.85. The molecule has 0 saturated heterocycles. The van der Waals surface area contributed by atoms with Crippen LogP contribution in [0.5, 0.6) is 0 Å². The number of hydrogen-bond acceptors (Lipinski definition) is 6. The standard InChI is InChI=1S/C10H19N3O5S2/c1-10(2,13-19(3,14)15)7-12-20(16,17)9-5-4-8(6-11)18-9/h4-5,12-13H,6-7,11H2,1-3H3. The molecule has 0 amide bonds. The highest BCUT2D eigenvalue weighted by molar-refractivity contribution is 7.89. The van der Waals surface area contributed by atoms with Gasteiger partial charge in [-0.05, 0) is 26.0 Å². The van der Waals surface area contributed by atoms with Crippen molar-refractivity contribution in [2.75, 3.05) is 12.8 Å². The lowest BCUT2D eigenvalue weighted by Gasteiger charge is -2.24. The Morgan fingerprint density at radius 3 is 2.30 bits per heavy atom. The number of furan rings is 1. The van der Waals surface area contributed by atoms with Crippen molar-refractivity contribution in [3.8, 4) is 0 Å². The summed E-state index contributed by atoms with van der Waals surface area (Å²) >= 11 is 0. The van der Waals surface area contributed by atoms with Crippen molar-refractivity contribution in [2.24, 2.45) is 5.73 Å². The molecule has 4 N–H and O–H groups in total. The van der Waals surface area contributed by atoms with E-state index in [1.807, 2.05) is 0 Å². The molecule has 0 aliphatic rings. The maximum absolute atomic E-state index is 12.0. The van der Waals surface area contributed by atoms with Gasteiger partial charge in [0.2, 0.25) is 15.1 Å². The van der Waals surface area contributed by atoms with Gasteiger partial charge in [0.1, 0.15) is 5.76 Å². The van der Waals surface area contributed by atoms with E-state index in [1.165, 1.54) is 12.1 Å². The average molecular weight is 325 g/mol. The predicted molar refractivity (Wildman–Crippen MR) is 73.8 cm³/mol. The second-order valence-corrected chi connectivity index (χ2v) is 8.45. The first kappa shape index (κ1) is 17.1. The van der Waals surface area contributed by atoms with Crippen LogP contribution in [-0.2, 0) is 26.6 Å². The van der Waals surface area contributed by atoms with Crippen molar-refractivity contribution in [3.63, 3.8) is 0 Å². The van der Waals surface area contributed by atoms with Crippen LogP contribution in [0.15, 0.2) is 21.6 Å². The third-order valence-corrected chi connectivity index (χ3v) is 4.47. The Balaban J connectivity index is 2.77. The summed E-state index contributed by atoms with van der Waals surface area (Å²) < 4.78 is 55.9. The molecule has 0 aliphatic carbocycles. The summed E-state index contributed by atoms with van der Waals surface area (Å²) in [5, 5.41) is -0.256. The van der Waals surface area contributed by atoms with E-state index in [0.29, 0.717) is 5.76 Å². The number of nitrogens with two attached hydrogens (primary N) is 1. The Bertz CT molecular complexity index is 661. The van der Waals surface area contributed by atoms with E-state index in [4.69, 9.17) is 10.2 Å². The minimum absolute atomic E-state index is 0.0939. The van der Waals surface area contributed by atoms with Crippen molar-refractivity contribution in [3.05, 3.63) is 17.9 Å². The summed E-state index contributed by atoms with van der Waals surface area (Å²) in [6, 6.07) is 2.76. The largest absolute Gasteiger partial charge is 0.447 e. The molecule has 0 spiro atoms. The van der Waals surface area contributed by atoms with Gasteiger partial charge < -0.3 is 10.2 Å². The van der Waals surface area contributed by atoms with Gasteiger partial charge in [0.05, 0.1) is 12.8 Å². The summed E-state index contributed by atoms with van der Waals surface area (Å²) in [7, 11) is -7.28. The van der Waals surface area contributed by atoms with E-state index in [2.05, 4.69) is 9.44 Å². The molecule has 0 aliphatic heterocycles. The minimum Gasteiger partial charge on any atom is -0.447 e. The summed E-state index contributed by atoms with van der Waals surface area (Å²) in [6.45, 7) is 3.09. The number of nitrogens with one attached hydrogen (secondary N) is 2. The fourth-order valence-electron chi connectivity index (χ4n) is 1.50. The van der Waals surface area contributed by atoms with Crippen molar-refractivity contribution < 1.29 is 21.3 Å². The maximum atomic E-state index is 12.0. The maximum Gasteiger partial charge on any atom is 0.274 e. The molecule has 8 nitrogen and oxygen atoms in total. The van der Waals surface area contributed by atoms with Gasteiger partial charge in [-0.25, -0.2) is 26.3 Å². The molecular formula is C10H19N3O5S2. The summed E-state index contributed by atoms with van der Waals surface area (Å²) in [5.74, 6) is 0.346. The van der Waals surface area contributed by atoms with Gasteiger partial charge in [0, 0.05) is 12.1 Å². The van der Waals surface area contributed by atoms with E-state index in [1.54, 1.807) is 13.8 Å². The first-order valence-corrected chi connectivity index (χ1v) is 9.10. The Hall–Kier alpha value is -0.940. The molecule has 0 bridgehead atoms. The Morgan fingerprint density at radius 2 is 1.85 bits per heavy atom. The molecule has 116 valence electrons. The van der Waals surface area contributed by atoms with E-state index in [-0.39, 0.29) is 18.2 Å². The smallest absolute Gasteiger partial charge is 0.274 e. The quantitative estimate of drug-likeness (QED) is 0.610. The van der Waals surface area contributed by atoms with Crippen LogP contribution in [0.25, 0.3) is 0 Å². The highest BCUT2D eigenvalue weighted by atomic mass is 32.2. The Labute approximate surface area is 118 Å². The van der Waals surface area contributed by atoms with Gasteiger partial charge >= 0.3 is 0 Å². The average Bonchev–Trinajstić information content (AvgIpc) is 2.72. The molecule has 0 atom stereocenters. The van der Waals surface area contributed by atoms with Gasteiger partial charge in [-0.3, -0.25) is 0 Å². The van der Waals surface area contributed by atoms with Crippen LogP contribution >= 0.6 is 0 Å². The molecule has 1 aromatic heterocycles. The van der Waals surface area contributed by atoms with Gasteiger partial charge in [0.25, 0.3) is 10.0 Å². The summed E-state index contributed by atoms with van der Waals surface area (Å²) in [4.78, 5) is 0. The van der Waals surface area contributed by atoms with Crippen molar-refractivity contribution >= 4 is 20.0 Å². The first-order chi connectivity index (χ1) is 8.95. The topological polar surface area (TPSA) is 132 Å². The van der Waals surface area contributed by atoms with E-state index in [0.717, 1.165) is 6.26 Å². The first-order valence-electron chi connectivity index (χ1n) is 5.73. The molecule has 0 radical (unpaired) electrons. The highest BCUT2D eigenvalue weighted by Gasteiger charge is 2.26. The summed E-state index contributed by atoms with van der Waals surface area (Å²) in [6.07, 6.45) is 1.00. The lowest BCUT2D eigenvalue weighted by atomic mass is 10.1. The van der Waals surface area contributed by atoms with Crippen molar-refractivity contribution in [2.45, 2.75) is 31.0 Å². The van der Waals surface area contributed by atoms with E-state index < -0.39 is 25.6 Å². The highest BCUT2D eigenvalue weighted by Crippen LogP contribution is 2.14. The predicted octanol–water partition coefficient (Wildman–Crippen LogP) is -0.656. The second kappa shape index (κ2) is 5.82. The fraction of sp³-hybridized carbons (Fsp3) is 0.600. The van der Waals surface area contributed by atoms with Crippen molar-refractivity contribution in [1.82, 2.24) is 9.44 Å². The summed E-state index contributed by atoms with van der Waals surface area (Å²) in [5.41, 5.74) is 4.37. The van der Waals surface area contributed by atoms with Gasteiger partial charge in [-0.1, -0.05) is 0 Å². The molecule has 0 unspecified atom stereocenters. The van der Waals surface area contributed by atoms with Gasteiger partial charge in [-0.15, -0.1) is 0 Å². The fourth-order valence-corrected chi connectivity index (χ4v) is 3.73. The third-order valence-electron chi connectivity index (χ3n) is 2.27. The molecule has 1 heterocycles. The van der Waals surface area contributed by atoms with Crippen LogP contribution in [0.3, 0.4) is 0 Å². The van der Waals surface area contributed by atoms with Crippen LogP contribution in [-0.4, -0.2) is 35.2 Å². The van der Waals surface area contributed by atoms with Crippen LogP contribution < -0.4 is 15.2 Å². The molecular weight excluding hydrogens is 306 g/mol. The molecule has 0 saturated carbocycles. The Kier molecular flexibility index (Phi) is 4.98. The molecule has 0 fully saturated rings. The SMILES string of the molecule is CC(C)(CNS(=O)(=O)c1ccc(CN)o1)NS(C)(=O)=O. The Morgan fingerprint density at radius 1 is 1.25 bits per heavy atom. The van der Waals surface area contributed by atoms with Crippen LogP contribution in [0, 0.1) is 0 Å². The zero-order valence-corrected chi connectivity index (χ0v) is 13.1. The molecule has 1 rings (SSSR count). The normalized spacial score (nSPS) is 13.6. The molecule has 0 aromatic carbocycles. The lowest BCUT2D eigenvalue weighted by Crippen LogP contribution is -2.50. The monoisotopic (exact) mass is 325 g/mol. The van der Waals surface area contributed by atoms with E-state index in [9.17, 15) is 16.8 Å². The van der Waals surface area contributed by atoms with Crippen LogP contribution in [0.1, 0.15) is 19.6 Å². The van der Waals surface area contributed by atoms with Crippen LogP contribution in [0.4, 0.5) is 0 Å². The number of rotatable bonds is 7. The zero-order chi connectivity index (χ0) is 15.6. The van der Waals surface area contributed by atoms with Gasteiger partial charge in [-0.2, -0.15) is 0 Å². The number of sulfonamides is 2. The second-order valence-electron chi connectivity index (χ2n) is 5.01. The van der Waals surface area contributed by atoms with E-state index >= 15 is 0 Å². The third kappa shape index (κ3) is 5.21. The van der Waals surface area contributed by atoms with Crippen molar-refractivity contribution in [1.29, 1.82) is 0 Å². The molecule has 10 heteroatoms. The lowest BCUT2D eigenvalue weighted by molar-refractivity contribution is 0.405. The van der Waals surface area contributed by atoms with Gasteiger partial charge in [0.15, 0.2) is 0 Å². The zero-order valence-electron chi connectivity index (χ0n) is 11.5. The molecule has 1 aromatic rings.